The van der Waals surface area contributed by atoms with Crippen LogP contribution >= 0.6 is 11.6 Å². The first kappa shape index (κ1) is 16.7. The molecule has 1 aromatic carbocycles. The highest BCUT2D eigenvalue weighted by atomic mass is 35.5. The molecule has 0 unspecified atom stereocenters. The Labute approximate surface area is 136 Å². The molecule has 6 heteroatoms. The zero-order chi connectivity index (χ0) is 16.3. The molecule has 1 aromatic rings. The number of benzene rings is 1. The van der Waals surface area contributed by atoms with Gasteiger partial charge >= 0.3 is 6.09 Å². The van der Waals surface area contributed by atoms with Crippen molar-refractivity contribution in [2.75, 3.05) is 18.8 Å². The van der Waals surface area contributed by atoms with Gasteiger partial charge in [-0.15, -0.1) is 0 Å². The van der Waals surface area contributed by atoms with Crippen LogP contribution in [0.4, 0.5) is 10.5 Å². The summed E-state index contributed by atoms with van der Waals surface area (Å²) in [4.78, 5) is 13.7. The first-order valence-corrected chi connectivity index (χ1v) is 7.82. The van der Waals surface area contributed by atoms with Crippen LogP contribution in [-0.2, 0) is 4.74 Å². The van der Waals surface area contributed by atoms with E-state index in [1.54, 1.807) is 23.1 Å². The summed E-state index contributed by atoms with van der Waals surface area (Å²) >= 11 is 6.10. The smallest absolute Gasteiger partial charge is 0.410 e. The lowest BCUT2D eigenvalue weighted by molar-refractivity contribution is 0.0127. The molecule has 0 radical (unpaired) electrons. The lowest BCUT2D eigenvalue weighted by atomic mass is 10.1. The van der Waals surface area contributed by atoms with E-state index in [0.717, 1.165) is 12.8 Å². The number of likely N-dealkylation sites (tertiary alicyclic amines) is 1. The second-order valence-corrected chi connectivity index (χ2v) is 6.88. The number of hydrogen-bond acceptors (Lipinski definition) is 4. The van der Waals surface area contributed by atoms with E-state index in [-0.39, 0.29) is 12.2 Å². The topological polar surface area (TPSA) is 64.8 Å². The predicted molar refractivity (Wildman–Crippen MR) is 87.3 cm³/mol. The van der Waals surface area contributed by atoms with Gasteiger partial charge in [-0.25, -0.2) is 4.79 Å². The molecule has 0 spiro atoms. The average molecular weight is 327 g/mol. The Morgan fingerprint density at radius 1 is 1.32 bits per heavy atom. The second kappa shape index (κ2) is 6.65. The van der Waals surface area contributed by atoms with Gasteiger partial charge in [0, 0.05) is 37.7 Å². The number of rotatable bonds is 2. The monoisotopic (exact) mass is 326 g/mol. The molecular weight excluding hydrogens is 304 g/mol. The molecule has 1 saturated heterocycles. The van der Waals surface area contributed by atoms with Crippen LogP contribution in [-0.4, -0.2) is 35.8 Å². The Morgan fingerprint density at radius 2 is 1.95 bits per heavy atom. The Kier molecular flexibility index (Phi) is 5.06. The lowest BCUT2D eigenvalue weighted by Crippen LogP contribution is -2.44. The number of carbonyl (C=O) groups is 1. The second-order valence-electron chi connectivity index (χ2n) is 6.47. The minimum Gasteiger partial charge on any atom is -0.489 e. The number of nitrogens with zero attached hydrogens (tertiary/aromatic N) is 1. The third-order valence-electron chi connectivity index (χ3n) is 3.34. The highest BCUT2D eigenvalue weighted by Gasteiger charge is 2.27. The van der Waals surface area contributed by atoms with Crippen molar-refractivity contribution in [3.8, 4) is 5.75 Å². The van der Waals surface area contributed by atoms with Gasteiger partial charge in [-0.2, -0.15) is 0 Å². The van der Waals surface area contributed by atoms with E-state index < -0.39 is 5.60 Å². The molecule has 122 valence electrons. The molecule has 0 bridgehead atoms. The number of anilines is 1. The number of nitrogen functional groups attached to an aromatic ring is 1. The maximum absolute atomic E-state index is 12.0. The van der Waals surface area contributed by atoms with Gasteiger partial charge in [0.1, 0.15) is 17.5 Å². The van der Waals surface area contributed by atoms with Crippen molar-refractivity contribution in [1.29, 1.82) is 0 Å². The number of amides is 1. The van der Waals surface area contributed by atoms with Crippen molar-refractivity contribution in [3.05, 3.63) is 23.2 Å². The number of carbonyl (C=O) groups excluding carboxylic acids is 1. The van der Waals surface area contributed by atoms with Gasteiger partial charge in [-0.1, -0.05) is 11.6 Å². The first-order valence-electron chi connectivity index (χ1n) is 7.44. The van der Waals surface area contributed by atoms with E-state index in [1.807, 2.05) is 20.8 Å². The van der Waals surface area contributed by atoms with Gasteiger partial charge in [0.05, 0.1) is 5.02 Å². The number of hydrogen-bond donors (Lipinski definition) is 1. The maximum Gasteiger partial charge on any atom is 0.410 e. The molecule has 1 heterocycles. The van der Waals surface area contributed by atoms with E-state index in [4.69, 9.17) is 26.8 Å². The molecule has 0 aliphatic carbocycles. The average Bonchev–Trinajstić information content (AvgIpc) is 2.42. The maximum atomic E-state index is 12.0. The highest BCUT2D eigenvalue weighted by Crippen LogP contribution is 2.29. The van der Waals surface area contributed by atoms with Gasteiger partial charge in [-0.05, 0) is 32.9 Å². The van der Waals surface area contributed by atoms with Crippen LogP contribution in [0.5, 0.6) is 5.75 Å². The fourth-order valence-electron chi connectivity index (χ4n) is 2.27. The first-order chi connectivity index (χ1) is 10.2. The summed E-state index contributed by atoms with van der Waals surface area (Å²) < 4.78 is 11.3. The fraction of sp³-hybridized carbons (Fsp3) is 0.562. The third kappa shape index (κ3) is 4.70. The van der Waals surface area contributed by atoms with Crippen LogP contribution in [0, 0.1) is 0 Å². The number of nitrogens with two attached hydrogens (primary N) is 1. The SMILES string of the molecule is CC(C)(C)OC(=O)N1CCC(Oc2cc(N)ccc2Cl)CC1. The zero-order valence-electron chi connectivity index (χ0n) is 13.3. The van der Waals surface area contributed by atoms with Crippen LogP contribution in [0.15, 0.2) is 18.2 Å². The van der Waals surface area contributed by atoms with E-state index >= 15 is 0 Å². The van der Waals surface area contributed by atoms with Crippen LogP contribution in [0.2, 0.25) is 5.02 Å². The molecule has 1 fully saturated rings. The summed E-state index contributed by atoms with van der Waals surface area (Å²) in [7, 11) is 0. The zero-order valence-corrected chi connectivity index (χ0v) is 14.0. The fourth-order valence-corrected chi connectivity index (χ4v) is 2.43. The molecule has 0 aromatic heterocycles. The minimum absolute atomic E-state index is 0.0259. The molecule has 1 amide bonds. The van der Waals surface area contributed by atoms with Gasteiger partial charge in [0.25, 0.3) is 0 Å². The van der Waals surface area contributed by atoms with E-state index in [1.165, 1.54) is 0 Å². The Hall–Kier alpha value is -1.62. The standard InChI is InChI=1S/C16H23ClN2O3/c1-16(2,3)22-15(20)19-8-6-12(7-9-19)21-14-10-11(18)4-5-13(14)17/h4-5,10,12H,6-9,18H2,1-3H3. The summed E-state index contributed by atoms with van der Waals surface area (Å²) in [5, 5.41) is 0.545. The summed E-state index contributed by atoms with van der Waals surface area (Å²) in [5.41, 5.74) is 5.89. The van der Waals surface area contributed by atoms with Crippen LogP contribution in [0.3, 0.4) is 0 Å². The quantitative estimate of drug-likeness (QED) is 0.842. The summed E-state index contributed by atoms with van der Waals surface area (Å²) in [6, 6.07) is 5.19. The van der Waals surface area contributed by atoms with Gasteiger partial charge in [-0.3, -0.25) is 0 Å². The van der Waals surface area contributed by atoms with Gasteiger partial charge < -0.3 is 20.1 Å². The number of piperidine rings is 1. The van der Waals surface area contributed by atoms with Crippen molar-refractivity contribution in [1.82, 2.24) is 4.90 Å². The van der Waals surface area contributed by atoms with Crippen molar-refractivity contribution < 1.29 is 14.3 Å². The lowest BCUT2D eigenvalue weighted by Gasteiger charge is -2.33. The van der Waals surface area contributed by atoms with E-state index in [2.05, 4.69) is 0 Å². The summed E-state index contributed by atoms with van der Waals surface area (Å²) in [5.74, 6) is 0.595. The Balaban J connectivity index is 1.87. The third-order valence-corrected chi connectivity index (χ3v) is 3.65. The van der Waals surface area contributed by atoms with Crippen LogP contribution in [0.25, 0.3) is 0 Å². The summed E-state index contributed by atoms with van der Waals surface area (Å²) in [6.07, 6.45) is 1.24. The van der Waals surface area contributed by atoms with E-state index in [0.29, 0.717) is 29.5 Å². The molecule has 0 saturated carbocycles. The van der Waals surface area contributed by atoms with Crippen LogP contribution < -0.4 is 10.5 Å². The molecular formula is C16H23ClN2O3. The highest BCUT2D eigenvalue weighted by molar-refractivity contribution is 6.32. The molecule has 0 atom stereocenters. The Bertz CT molecular complexity index is 535. The van der Waals surface area contributed by atoms with Crippen molar-refractivity contribution in [2.24, 2.45) is 0 Å². The number of ether oxygens (including phenoxy) is 2. The molecule has 5 nitrogen and oxygen atoms in total. The largest absolute Gasteiger partial charge is 0.489 e. The van der Waals surface area contributed by atoms with Crippen molar-refractivity contribution in [3.63, 3.8) is 0 Å². The minimum atomic E-state index is -0.473. The molecule has 1 aliphatic heterocycles. The number of halogens is 1. The molecule has 1 aliphatic rings. The van der Waals surface area contributed by atoms with Gasteiger partial charge in [0.2, 0.25) is 0 Å². The van der Waals surface area contributed by atoms with Crippen molar-refractivity contribution in [2.45, 2.75) is 45.3 Å². The molecule has 22 heavy (non-hydrogen) atoms. The van der Waals surface area contributed by atoms with E-state index in [9.17, 15) is 4.79 Å². The molecule has 2 N–H and O–H groups in total. The summed E-state index contributed by atoms with van der Waals surface area (Å²) in [6.45, 7) is 6.81. The van der Waals surface area contributed by atoms with Gasteiger partial charge in [0.15, 0.2) is 0 Å². The predicted octanol–water partition coefficient (Wildman–Crippen LogP) is 3.70. The van der Waals surface area contributed by atoms with Crippen LogP contribution in [0.1, 0.15) is 33.6 Å². The van der Waals surface area contributed by atoms with Crippen molar-refractivity contribution >= 4 is 23.4 Å². The molecule has 2 rings (SSSR count). The Morgan fingerprint density at radius 3 is 2.55 bits per heavy atom. The normalized spacial score (nSPS) is 16.5.